The molecule has 6 heteroatoms. The zero-order valence-corrected chi connectivity index (χ0v) is 16.5. The van der Waals surface area contributed by atoms with Gasteiger partial charge in [0.1, 0.15) is 11.6 Å². The molecule has 1 amide bonds. The summed E-state index contributed by atoms with van der Waals surface area (Å²) in [7, 11) is 0. The summed E-state index contributed by atoms with van der Waals surface area (Å²) < 4.78 is 24.9. The quantitative estimate of drug-likeness (QED) is 0.801. The van der Waals surface area contributed by atoms with E-state index in [9.17, 15) is 9.18 Å². The summed E-state index contributed by atoms with van der Waals surface area (Å²) in [6, 6.07) is 5.41. The number of amides is 1. The van der Waals surface area contributed by atoms with Gasteiger partial charge in [0.2, 0.25) is 0 Å². The van der Waals surface area contributed by atoms with E-state index >= 15 is 0 Å². The molecule has 5 nitrogen and oxygen atoms in total. The third-order valence-electron chi connectivity index (χ3n) is 6.47. The van der Waals surface area contributed by atoms with Crippen LogP contribution in [0.25, 0.3) is 0 Å². The van der Waals surface area contributed by atoms with Gasteiger partial charge in [0, 0.05) is 38.4 Å². The van der Waals surface area contributed by atoms with Gasteiger partial charge in [-0.25, -0.2) is 4.39 Å². The second kappa shape index (κ2) is 9.23. The average Bonchev–Trinajstić information content (AvgIpc) is 2.71. The highest BCUT2D eigenvalue weighted by Gasteiger charge is 2.33. The monoisotopic (exact) mass is 390 g/mol. The van der Waals surface area contributed by atoms with E-state index in [1.807, 2.05) is 0 Å². The first-order valence-electron chi connectivity index (χ1n) is 10.7. The van der Waals surface area contributed by atoms with E-state index in [0.717, 1.165) is 76.8 Å². The largest absolute Gasteiger partial charge is 0.483 e. The summed E-state index contributed by atoms with van der Waals surface area (Å²) in [6.45, 7) is 3.79. The molecule has 28 heavy (non-hydrogen) atoms. The molecule has 0 aromatic heterocycles. The topological polar surface area (TPSA) is 50.8 Å². The van der Waals surface area contributed by atoms with Crippen LogP contribution >= 0.6 is 0 Å². The van der Waals surface area contributed by atoms with E-state index in [0.29, 0.717) is 17.7 Å². The van der Waals surface area contributed by atoms with Crippen LogP contribution in [0.15, 0.2) is 18.2 Å². The van der Waals surface area contributed by atoms with Crippen molar-refractivity contribution in [2.24, 2.45) is 5.92 Å². The van der Waals surface area contributed by atoms with Gasteiger partial charge in [0.25, 0.3) is 5.91 Å². The number of aryl methyl sites for hydroxylation is 1. The SMILES string of the molecule is O=C1COc2ccc(F)cc2CCCC[C@@H]2CN(C3CCOCC3)CC[C@@H]2N1. The van der Waals surface area contributed by atoms with Crippen LogP contribution in [-0.2, 0) is 16.0 Å². The number of nitrogens with one attached hydrogen (secondary N) is 1. The van der Waals surface area contributed by atoms with Gasteiger partial charge >= 0.3 is 0 Å². The number of halogens is 1. The molecule has 1 aromatic rings. The van der Waals surface area contributed by atoms with Crippen molar-refractivity contribution in [3.8, 4) is 5.75 Å². The van der Waals surface area contributed by atoms with Gasteiger partial charge in [0.15, 0.2) is 6.61 Å². The van der Waals surface area contributed by atoms with Crippen LogP contribution in [0, 0.1) is 11.7 Å². The second-order valence-corrected chi connectivity index (χ2v) is 8.35. The fourth-order valence-electron chi connectivity index (χ4n) is 4.92. The van der Waals surface area contributed by atoms with Crippen molar-refractivity contribution in [3.63, 3.8) is 0 Å². The normalized spacial score (nSPS) is 28.1. The molecule has 0 bridgehead atoms. The summed E-state index contributed by atoms with van der Waals surface area (Å²) in [4.78, 5) is 15.1. The van der Waals surface area contributed by atoms with Gasteiger partial charge in [-0.05, 0) is 68.2 Å². The van der Waals surface area contributed by atoms with Crippen LogP contribution in [0.3, 0.4) is 0 Å². The first kappa shape index (κ1) is 19.6. The third-order valence-corrected chi connectivity index (χ3v) is 6.47. The van der Waals surface area contributed by atoms with E-state index in [1.165, 1.54) is 12.1 Å². The molecular formula is C22H31FN2O3. The highest BCUT2D eigenvalue weighted by Crippen LogP contribution is 2.28. The van der Waals surface area contributed by atoms with Crippen molar-refractivity contribution >= 4 is 5.91 Å². The molecule has 0 saturated carbocycles. The van der Waals surface area contributed by atoms with Crippen molar-refractivity contribution < 1.29 is 18.7 Å². The number of rotatable bonds is 1. The van der Waals surface area contributed by atoms with Gasteiger partial charge in [-0.15, -0.1) is 0 Å². The molecular weight excluding hydrogens is 359 g/mol. The lowest BCUT2D eigenvalue weighted by Gasteiger charge is -2.43. The maximum absolute atomic E-state index is 13.6. The highest BCUT2D eigenvalue weighted by molar-refractivity contribution is 5.78. The molecule has 3 aliphatic heterocycles. The zero-order chi connectivity index (χ0) is 19.3. The molecule has 0 aliphatic carbocycles. The van der Waals surface area contributed by atoms with E-state index < -0.39 is 0 Å². The Hall–Kier alpha value is -1.66. The van der Waals surface area contributed by atoms with Crippen LogP contribution in [0.5, 0.6) is 5.75 Å². The molecule has 1 aromatic carbocycles. The highest BCUT2D eigenvalue weighted by atomic mass is 19.1. The number of fused-ring (bicyclic) bond motifs is 2. The Balaban J connectivity index is 1.43. The van der Waals surface area contributed by atoms with Gasteiger partial charge < -0.3 is 14.8 Å². The second-order valence-electron chi connectivity index (χ2n) is 8.35. The molecule has 0 unspecified atom stereocenters. The number of nitrogens with zero attached hydrogens (tertiary/aromatic N) is 1. The number of carbonyl (C=O) groups is 1. The van der Waals surface area contributed by atoms with Crippen LogP contribution in [0.4, 0.5) is 4.39 Å². The van der Waals surface area contributed by atoms with Crippen molar-refractivity contribution in [2.45, 2.75) is 57.0 Å². The Bertz CT molecular complexity index is 678. The molecule has 3 heterocycles. The van der Waals surface area contributed by atoms with Crippen molar-refractivity contribution in [1.29, 1.82) is 0 Å². The molecule has 3 aliphatic rings. The Kier molecular flexibility index (Phi) is 6.47. The molecule has 0 spiro atoms. The fourth-order valence-corrected chi connectivity index (χ4v) is 4.92. The lowest BCUT2D eigenvalue weighted by atomic mass is 9.85. The number of carbonyl (C=O) groups excluding carboxylic acids is 1. The maximum Gasteiger partial charge on any atom is 0.258 e. The summed E-state index contributed by atoms with van der Waals surface area (Å²) >= 11 is 0. The minimum Gasteiger partial charge on any atom is -0.483 e. The first-order valence-corrected chi connectivity index (χ1v) is 10.7. The van der Waals surface area contributed by atoms with Crippen LogP contribution in [0.2, 0.25) is 0 Å². The third kappa shape index (κ3) is 4.84. The predicted molar refractivity (Wildman–Crippen MR) is 105 cm³/mol. The van der Waals surface area contributed by atoms with Gasteiger partial charge in [-0.3, -0.25) is 9.69 Å². The Morgan fingerprint density at radius 2 is 1.96 bits per heavy atom. The van der Waals surface area contributed by atoms with Gasteiger partial charge in [-0.2, -0.15) is 0 Å². The Labute approximate surface area is 166 Å². The lowest BCUT2D eigenvalue weighted by molar-refractivity contribution is -0.124. The number of hydrogen-bond acceptors (Lipinski definition) is 4. The molecule has 1 N–H and O–H groups in total. The van der Waals surface area contributed by atoms with Crippen molar-refractivity contribution in [1.82, 2.24) is 10.2 Å². The number of ether oxygens (including phenoxy) is 2. The van der Waals surface area contributed by atoms with Crippen LogP contribution in [0.1, 0.15) is 44.1 Å². The number of likely N-dealkylation sites (tertiary alicyclic amines) is 1. The summed E-state index contributed by atoms with van der Waals surface area (Å²) in [5.41, 5.74) is 0.859. The molecule has 154 valence electrons. The Morgan fingerprint density at radius 3 is 2.82 bits per heavy atom. The van der Waals surface area contributed by atoms with Gasteiger partial charge in [0.05, 0.1) is 0 Å². The Morgan fingerprint density at radius 1 is 1.11 bits per heavy atom. The maximum atomic E-state index is 13.6. The lowest BCUT2D eigenvalue weighted by Crippen LogP contribution is -2.54. The molecule has 2 saturated heterocycles. The fraction of sp³-hybridized carbons (Fsp3) is 0.682. The number of benzene rings is 1. The van der Waals surface area contributed by atoms with E-state index in [1.54, 1.807) is 6.07 Å². The average molecular weight is 390 g/mol. The number of piperidine rings is 1. The van der Waals surface area contributed by atoms with E-state index in [4.69, 9.17) is 9.47 Å². The minimum absolute atomic E-state index is 0.00840. The summed E-state index contributed by atoms with van der Waals surface area (Å²) in [5, 5.41) is 3.21. The van der Waals surface area contributed by atoms with E-state index in [2.05, 4.69) is 10.2 Å². The molecule has 0 radical (unpaired) electrons. The van der Waals surface area contributed by atoms with Crippen LogP contribution in [-0.4, -0.2) is 55.8 Å². The smallest absolute Gasteiger partial charge is 0.258 e. The summed E-state index contributed by atoms with van der Waals surface area (Å²) in [6.07, 6.45) is 7.18. The van der Waals surface area contributed by atoms with E-state index in [-0.39, 0.29) is 24.4 Å². The van der Waals surface area contributed by atoms with Crippen molar-refractivity contribution in [2.75, 3.05) is 32.9 Å². The zero-order valence-electron chi connectivity index (χ0n) is 16.5. The minimum atomic E-state index is -0.252. The van der Waals surface area contributed by atoms with Crippen LogP contribution < -0.4 is 10.1 Å². The predicted octanol–water partition coefficient (Wildman–Crippen LogP) is 2.92. The first-order chi connectivity index (χ1) is 13.7. The molecule has 2 fully saturated rings. The molecule has 4 rings (SSSR count). The van der Waals surface area contributed by atoms with Gasteiger partial charge in [-0.1, -0.05) is 6.42 Å². The standard InChI is InChI=1S/C22H31FN2O3/c23-18-5-6-21-16(13-18)3-1-2-4-17-14-25(19-8-11-27-12-9-19)10-7-20(17)24-22(26)15-28-21/h5-6,13,17,19-20H,1-4,7-12,14-15H2,(H,24,26)/t17-,20+/m1/s1. The summed E-state index contributed by atoms with van der Waals surface area (Å²) in [5.74, 6) is 0.763. The molecule has 2 atom stereocenters. The number of hydrogen-bond donors (Lipinski definition) is 1. The van der Waals surface area contributed by atoms with Crippen molar-refractivity contribution in [3.05, 3.63) is 29.6 Å².